The molecule has 0 amide bonds. The quantitative estimate of drug-likeness (QED) is 0.282. The number of para-hydroxylation sites is 2. The van der Waals surface area contributed by atoms with Crippen LogP contribution in [0.15, 0.2) is 85.5 Å². The van der Waals surface area contributed by atoms with Gasteiger partial charge < -0.3 is 4.90 Å². The third-order valence-corrected chi connectivity index (χ3v) is 4.91. The minimum Gasteiger partial charge on any atom is -0.378 e. The van der Waals surface area contributed by atoms with Gasteiger partial charge in [-0.3, -0.25) is 0 Å². The van der Waals surface area contributed by atoms with Crippen LogP contribution in [0.5, 0.6) is 0 Å². The Labute approximate surface area is 154 Å². The highest BCUT2D eigenvalue weighted by Gasteiger charge is 2.19. The third-order valence-electron chi connectivity index (χ3n) is 4.91. The van der Waals surface area contributed by atoms with Crippen LogP contribution in [0.3, 0.4) is 0 Å². The van der Waals surface area contributed by atoms with Crippen molar-refractivity contribution in [2.24, 2.45) is 0 Å². The minimum absolute atomic E-state index is 0.793. The van der Waals surface area contributed by atoms with Gasteiger partial charge in [-0.2, -0.15) is 4.57 Å². The van der Waals surface area contributed by atoms with Gasteiger partial charge in [-0.1, -0.05) is 43.0 Å². The molecule has 0 radical (unpaired) electrons. The summed E-state index contributed by atoms with van der Waals surface area (Å²) in [6.07, 6.45) is 1.96. The fourth-order valence-corrected chi connectivity index (χ4v) is 3.68. The number of rotatable bonds is 4. The topological polar surface area (TPSA) is 7.12 Å². The Balaban J connectivity index is 2.10. The standard InChI is InChI=1S/C24H23N2/c1-4-17-26-22-11-7-5-9-20(22)24(21-10-6-8-12-23(21)26)18-13-15-19(16-14-18)25(2)3/h4-16H,1,17H2,2-3H3/q+1. The first-order chi connectivity index (χ1) is 12.7. The van der Waals surface area contributed by atoms with Crippen LogP contribution in [0.25, 0.3) is 32.9 Å². The molecule has 26 heavy (non-hydrogen) atoms. The fraction of sp³-hybridized carbons (Fsp3) is 0.125. The molecule has 1 heterocycles. The second-order valence-corrected chi connectivity index (χ2v) is 6.75. The zero-order valence-electron chi connectivity index (χ0n) is 15.3. The van der Waals surface area contributed by atoms with Crippen LogP contribution >= 0.6 is 0 Å². The van der Waals surface area contributed by atoms with E-state index in [0.29, 0.717) is 0 Å². The molecule has 2 heteroatoms. The van der Waals surface area contributed by atoms with Crippen molar-refractivity contribution in [3.05, 3.63) is 85.5 Å². The zero-order valence-corrected chi connectivity index (χ0v) is 15.3. The average molecular weight is 339 g/mol. The molecule has 4 rings (SSSR count). The summed E-state index contributed by atoms with van der Waals surface area (Å²) in [5.74, 6) is 0. The van der Waals surface area contributed by atoms with Gasteiger partial charge in [0.1, 0.15) is 0 Å². The van der Waals surface area contributed by atoms with Crippen molar-refractivity contribution in [1.82, 2.24) is 0 Å². The van der Waals surface area contributed by atoms with Crippen molar-refractivity contribution in [3.8, 4) is 11.1 Å². The molecule has 0 unspecified atom stereocenters. The van der Waals surface area contributed by atoms with E-state index in [2.05, 4.69) is 103 Å². The van der Waals surface area contributed by atoms with Gasteiger partial charge in [-0.25, -0.2) is 0 Å². The maximum Gasteiger partial charge on any atom is 0.213 e. The van der Waals surface area contributed by atoms with E-state index in [1.165, 1.54) is 38.6 Å². The second kappa shape index (κ2) is 6.64. The predicted octanol–water partition coefficient (Wildman–Crippen LogP) is 5.20. The molecule has 0 spiro atoms. The van der Waals surface area contributed by atoms with Crippen LogP contribution in [0.1, 0.15) is 0 Å². The first-order valence-electron chi connectivity index (χ1n) is 8.92. The van der Waals surface area contributed by atoms with Crippen LogP contribution in [0, 0.1) is 0 Å². The summed E-state index contributed by atoms with van der Waals surface area (Å²) in [4.78, 5) is 2.13. The lowest BCUT2D eigenvalue weighted by Gasteiger charge is -2.15. The van der Waals surface area contributed by atoms with Gasteiger partial charge in [0.15, 0.2) is 6.54 Å². The zero-order chi connectivity index (χ0) is 18.1. The number of nitrogens with zero attached hydrogens (tertiary/aromatic N) is 2. The van der Waals surface area contributed by atoms with Gasteiger partial charge in [0, 0.05) is 37.5 Å². The molecular formula is C24H23N2+. The van der Waals surface area contributed by atoms with Crippen LogP contribution in [0.2, 0.25) is 0 Å². The number of hydrogen-bond donors (Lipinski definition) is 0. The molecule has 0 fully saturated rings. The molecule has 0 aliphatic rings. The molecule has 0 saturated carbocycles. The van der Waals surface area contributed by atoms with E-state index < -0.39 is 0 Å². The Bertz CT molecular complexity index is 1040. The minimum atomic E-state index is 0.793. The molecule has 4 aromatic rings. The van der Waals surface area contributed by atoms with Crippen molar-refractivity contribution in [1.29, 1.82) is 0 Å². The summed E-state index contributed by atoms with van der Waals surface area (Å²) in [5, 5.41) is 2.54. The van der Waals surface area contributed by atoms with Crippen LogP contribution in [-0.4, -0.2) is 14.1 Å². The SMILES string of the molecule is C=CC[n+]1c2ccccc2c(-c2ccc(N(C)C)cc2)c2ccccc21. The van der Waals surface area contributed by atoms with Crippen molar-refractivity contribution in [3.63, 3.8) is 0 Å². The number of benzene rings is 3. The number of fused-ring (bicyclic) bond motifs is 2. The van der Waals surface area contributed by atoms with Crippen molar-refractivity contribution >= 4 is 27.5 Å². The fourth-order valence-electron chi connectivity index (χ4n) is 3.68. The largest absolute Gasteiger partial charge is 0.378 e. The lowest BCUT2D eigenvalue weighted by molar-refractivity contribution is -0.634. The summed E-state index contributed by atoms with van der Waals surface area (Å²) in [7, 11) is 4.14. The van der Waals surface area contributed by atoms with Gasteiger partial charge in [0.05, 0.1) is 10.8 Å². The third kappa shape index (κ3) is 2.64. The molecule has 0 atom stereocenters. The number of allylic oxidation sites excluding steroid dienone is 1. The normalized spacial score (nSPS) is 11.0. The summed E-state index contributed by atoms with van der Waals surface area (Å²) in [5.41, 5.74) is 6.21. The predicted molar refractivity (Wildman–Crippen MR) is 112 cm³/mol. The molecule has 0 aliphatic carbocycles. The number of aromatic nitrogens is 1. The summed E-state index contributed by atoms with van der Waals surface area (Å²) < 4.78 is 2.34. The number of anilines is 1. The van der Waals surface area contributed by atoms with E-state index in [0.717, 1.165) is 6.54 Å². The van der Waals surface area contributed by atoms with Crippen LogP contribution < -0.4 is 9.47 Å². The maximum atomic E-state index is 3.95. The Morgan fingerprint density at radius 1 is 0.808 bits per heavy atom. The monoisotopic (exact) mass is 339 g/mol. The second-order valence-electron chi connectivity index (χ2n) is 6.75. The van der Waals surface area contributed by atoms with Gasteiger partial charge >= 0.3 is 0 Å². The summed E-state index contributed by atoms with van der Waals surface area (Å²) >= 11 is 0. The smallest absolute Gasteiger partial charge is 0.213 e. The molecule has 1 aromatic heterocycles. The van der Waals surface area contributed by atoms with E-state index in [1.54, 1.807) is 0 Å². The van der Waals surface area contributed by atoms with E-state index in [4.69, 9.17) is 0 Å². The molecule has 0 saturated heterocycles. The highest BCUT2D eigenvalue weighted by molar-refractivity contribution is 6.07. The van der Waals surface area contributed by atoms with Gasteiger partial charge in [0.2, 0.25) is 11.0 Å². The number of hydrogen-bond acceptors (Lipinski definition) is 1. The maximum absolute atomic E-state index is 3.95. The Hall–Kier alpha value is -3.13. The van der Waals surface area contributed by atoms with Crippen molar-refractivity contribution in [2.45, 2.75) is 6.54 Å². The molecular weight excluding hydrogens is 316 g/mol. The number of pyridine rings is 1. The van der Waals surface area contributed by atoms with E-state index in [1.807, 2.05) is 6.08 Å². The molecule has 0 N–H and O–H groups in total. The molecule has 128 valence electrons. The van der Waals surface area contributed by atoms with Crippen LogP contribution in [0.4, 0.5) is 5.69 Å². The highest BCUT2D eigenvalue weighted by atomic mass is 15.1. The first-order valence-corrected chi connectivity index (χ1v) is 8.92. The van der Waals surface area contributed by atoms with Crippen LogP contribution in [-0.2, 0) is 6.54 Å². The Morgan fingerprint density at radius 3 is 1.85 bits per heavy atom. The van der Waals surface area contributed by atoms with Crippen molar-refractivity contribution in [2.75, 3.05) is 19.0 Å². The van der Waals surface area contributed by atoms with Gasteiger partial charge in [-0.05, 0) is 35.9 Å². The first kappa shape index (κ1) is 16.3. The summed E-state index contributed by atoms with van der Waals surface area (Å²) in [6.45, 7) is 4.74. The molecule has 3 aromatic carbocycles. The van der Waals surface area contributed by atoms with Crippen molar-refractivity contribution < 1.29 is 4.57 Å². The Kier molecular flexibility index (Phi) is 4.18. The lowest BCUT2D eigenvalue weighted by Crippen LogP contribution is -2.34. The van der Waals surface area contributed by atoms with Gasteiger partial charge in [0.25, 0.3) is 0 Å². The molecule has 0 bridgehead atoms. The van der Waals surface area contributed by atoms with E-state index in [9.17, 15) is 0 Å². The Morgan fingerprint density at radius 2 is 1.35 bits per heavy atom. The average Bonchev–Trinajstić information content (AvgIpc) is 2.68. The van der Waals surface area contributed by atoms with E-state index in [-0.39, 0.29) is 0 Å². The van der Waals surface area contributed by atoms with Gasteiger partial charge in [-0.15, -0.1) is 0 Å². The molecule has 2 nitrogen and oxygen atoms in total. The lowest BCUT2D eigenvalue weighted by atomic mass is 9.95. The van der Waals surface area contributed by atoms with E-state index >= 15 is 0 Å². The molecule has 0 aliphatic heterocycles. The highest BCUT2D eigenvalue weighted by Crippen LogP contribution is 2.34. The summed E-state index contributed by atoms with van der Waals surface area (Å²) in [6, 6.07) is 26.1.